The third kappa shape index (κ3) is 3.79. The van der Waals surface area contributed by atoms with Gasteiger partial charge in [0.15, 0.2) is 5.76 Å². The van der Waals surface area contributed by atoms with Crippen molar-refractivity contribution in [2.45, 2.75) is 19.6 Å². The molecule has 1 heterocycles. The lowest BCUT2D eigenvalue weighted by atomic mass is 10.0. The minimum atomic E-state index is -0.951. The zero-order valence-corrected chi connectivity index (χ0v) is 15.3. The average molecular weight is 371 g/mol. The summed E-state index contributed by atoms with van der Waals surface area (Å²) in [5.74, 6) is -0.115. The summed E-state index contributed by atoms with van der Waals surface area (Å²) in [6.45, 7) is 1.98. The van der Waals surface area contributed by atoms with Gasteiger partial charge in [-0.05, 0) is 24.6 Å². The molecule has 26 heavy (non-hydrogen) atoms. The number of hydrogen-bond acceptors (Lipinski definition) is 4. The number of halogens is 1. The van der Waals surface area contributed by atoms with E-state index in [9.17, 15) is 9.90 Å². The van der Waals surface area contributed by atoms with Gasteiger partial charge in [-0.2, -0.15) is 0 Å². The van der Waals surface area contributed by atoms with Gasteiger partial charge in [0.1, 0.15) is 17.4 Å². The highest BCUT2D eigenvalue weighted by atomic mass is 35.5. The van der Waals surface area contributed by atoms with E-state index in [1.807, 2.05) is 30.3 Å². The lowest BCUT2D eigenvalue weighted by Gasteiger charge is -2.18. The Labute approximate surface area is 156 Å². The fourth-order valence-corrected chi connectivity index (χ4v) is 2.85. The molecule has 0 aliphatic rings. The van der Waals surface area contributed by atoms with Crippen molar-refractivity contribution in [1.82, 2.24) is 10.1 Å². The molecule has 1 atom stereocenters. The third-order valence-corrected chi connectivity index (χ3v) is 4.29. The van der Waals surface area contributed by atoms with Gasteiger partial charge >= 0.3 is 0 Å². The Hall–Kier alpha value is -2.63. The smallest absolute Gasteiger partial charge is 0.259 e. The number of nitrogens with zero attached hydrogens (tertiary/aromatic N) is 2. The third-order valence-electron chi connectivity index (χ3n) is 4.04. The predicted octanol–water partition coefficient (Wildman–Crippen LogP) is 4.32. The van der Waals surface area contributed by atoms with Crippen LogP contribution in [0.1, 0.15) is 34.7 Å². The average Bonchev–Trinajstić information content (AvgIpc) is 3.07. The molecule has 0 saturated carbocycles. The van der Waals surface area contributed by atoms with E-state index in [1.165, 1.54) is 0 Å². The maximum Gasteiger partial charge on any atom is 0.259 e. The number of aliphatic hydroxyl groups excluding tert-OH is 1. The number of aliphatic hydroxyl groups is 1. The van der Waals surface area contributed by atoms with Crippen LogP contribution in [0, 0.1) is 0 Å². The summed E-state index contributed by atoms with van der Waals surface area (Å²) < 4.78 is 5.28. The zero-order valence-electron chi connectivity index (χ0n) is 14.5. The summed E-state index contributed by atoms with van der Waals surface area (Å²) in [5.41, 5.74) is 2.36. The van der Waals surface area contributed by atoms with E-state index in [4.69, 9.17) is 16.1 Å². The number of benzene rings is 2. The van der Waals surface area contributed by atoms with Gasteiger partial charge in [0.2, 0.25) is 0 Å². The van der Waals surface area contributed by atoms with Crippen LogP contribution in [-0.4, -0.2) is 28.1 Å². The molecule has 5 nitrogen and oxygen atoms in total. The summed E-state index contributed by atoms with van der Waals surface area (Å²) in [6, 6.07) is 16.6. The van der Waals surface area contributed by atoms with Crippen LogP contribution in [0.4, 0.5) is 0 Å². The lowest BCUT2D eigenvalue weighted by molar-refractivity contribution is 0.0773. The van der Waals surface area contributed by atoms with Crippen molar-refractivity contribution in [2.75, 3.05) is 7.05 Å². The van der Waals surface area contributed by atoms with Gasteiger partial charge in [0, 0.05) is 24.2 Å². The molecule has 0 fully saturated rings. The van der Waals surface area contributed by atoms with Crippen molar-refractivity contribution in [3.8, 4) is 11.3 Å². The molecule has 0 bridgehead atoms. The van der Waals surface area contributed by atoms with Gasteiger partial charge in [0.05, 0.1) is 0 Å². The van der Waals surface area contributed by atoms with E-state index < -0.39 is 6.10 Å². The van der Waals surface area contributed by atoms with Crippen molar-refractivity contribution in [2.24, 2.45) is 0 Å². The van der Waals surface area contributed by atoms with Gasteiger partial charge in [-0.1, -0.05) is 59.2 Å². The van der Waals surface area contributed by atoms with E-state index in [1.54, 1.807) is 43.1 Å². The molecular formula is C20H19ClN2O3. The van der Waals surface area contributed by atoms with Crippen LogP contribution < -0.4 is 0 Å². The fourth-order valence-electron chi connectivity index (χ4n) is 2.72. The van der Waals surface area contributed by atoms with Crippen LogP contribution in [0.25, 0.3) is 11.3 Å². The molecule has 3 aromatic rings. The zero-order chi connectivity index (χ0) is 18.7. The highest BCUT2D eigenvalue weighted by Gasteiger charge is 2.28. The van der Waals surface area contributed by atoms with Crippen LogP contribution in [0.3, 0.4) is 0 Å². The lowest BCUT2D eigenvalue weighted by Crippen LogP contribution is -2.27. The van der Waals surface area contributed by atoms with Gasteiger partial charge < -0.3 is 14.5 Å². The standard InChI is InChI=1S/C20H19ClN2O3/c1-13(24)19-17(18(22-26-19)15-8-10-16(21)11-9-15)20(25)23(2)12-14-6-4-3-5-7-14/h3-11,13,24H,12H2,1-2H3/t13-/m0/s1. The number of rotatable bonds is 5. The molecule has 0 spiro atoms. The predicted molar refractivity (Wildman–Crippen MR) is 99.8 cm³/mol. The highest BCUT2D eigenvalue weighted by Crippen LogP contribution is 2.31. The summed E-state index contributed by atoms with van der Waals surface area (Å²) in [6.07, 6.45) is -0.951. The highest BCUT2D eigenvalue weighted by molar-refractivity contribution is 6.30. The summed E-state index contributed by atoms with van der Waals surface area (Å²) in [7, 11) is 1.71. The van der Waals surface area contributed by atoms with Crippen LogP contribution in [0.15, 0.2) is 59.1 Å². The fraction of sp³-hybridized carbons (Fsp3) is 0.200. The topological polar surface area (TPSA) is 66.6 Å². The van der Waals surface area contributed by atoms with Crippen LogP contribution in [0.5, 0.6) is 0 Å². The molecule has 0 unspecified atom stereocenters. The maximum absolute atomic E-state index is 13.1. The Morgan fingerprint density at radius 1 is 1.19 bits per heavy atom. The molecule has 1 N–H and O–H groups in total. The van der Waals surface area contributed by atoms with Crippen molar-refractivity contribution in [1.29, 1.82) is 0 Å². The molecule has 0 aliphatic heterocycles. The van der Waals surface area contributed by atoms with Gasteiger partial charge in [-0.25, -0.2) is 0 Å². The van der Waals surface area contributed by atoms with Gasteiger partial charge in [0.25, 0.3) is 5.91 Å². The first kappa shape index (κ1) is 18.2. The first-order valence-electron chi connectivity index (χ1n) is 8.20. The van der Waals surface area contributed by atoms with E-state index in [2.05, 4.69) is 5.16 Å². The number of amides is 1. The monoisotopic (exact) mass is 370 g/mol. The molecule has 1 amide bonds. The molecule has 1 aromatic heterocycles. The first-order chi connectivity index (χ1) is 12.5. The van der Waals surface area contributed by atoms with Gasteiger partial charge in [-0.15, -0.1) is 0 Å². The van der Waals surface area contributed by atoms with E-state index in [-0.39, 0.29) is 17.2 Å². The molecule has 0 aliphatic carbocycles. The Bertz CT molecular complexity index is 889. The molecule has 134 valence electrons. The second-order valence-corrected chi connectivity index (χ2v) is 6.54. The van der Waals surface area contributed by atoms with E-state index in [0.29, 0.717) is 22.8 Å². The summed E-state index contributed by atoms with van der Waals surface area (Å²) in [4.78, 5) is 14.7. The van der Waals surface area contributed by atoms with Crippen molar-refractivity contribution in [3.63, 3.8) is 0 Å². The minimum Gasteiger partial charge on any atom is -0.385 e. The van der Waals surface area contributed by atoms with Crippen LogP contribution in [0.2, 0.25) is 5.02 Å². The molecule has 0 saturated heterocycles. The largest absolute Gasteiger partial charge is 0.385 e. The van der Waals surface area contributed by atoms with Crippen molar-refractivity contribution < 1.29 is 14.4 Å². The number of carbonyl (C=O) groups excluding carboxylic acids is 1. The number of carbonyl (C=O) groups is 1. The first-order valence-corrected chi connectivity index (χ1v) is 8.58. The summed E-state index contributed by atoms with van der Waals surface area (Å²) in [5, 5.41) is 14.6. The Kier molecular flexibility index (Phi) is 5.40. The van der Waals surface area contributed by atoms with Crippen LogP contribution >= 0.6 is 11.6 Å². The van der Waals surface area contributed by atoms with E-state index in [0.717, 1.165) is 5.56 Å². The second-order valence-electron chi connectivity index (χ2n) is 6.10. The second kappa shape index (κ2) is 7.72. The SMILES string of the molecule is C[C@H](O)c1onc(-c2ccc(Cl)cc2)c1C(=O)N(C)Cc1ccccc1. The van der Waals surface area contributed by atoms with E-state index >= 15 is 0 Å². The summed E-state index contributed by atoms with van der Waals surface area (Å²) >= 11 is 5.94. The Morgan fingerprint density at radius 3 is 2.46 bits per heavy atom. The Balaban J connectivity index is 1.97. The molecule has 0 radical (unpaired) electrons. The molecule has 6 heteroatoms. The van der Waals surface area contributed by atoms with Gasteiger partial charge in [-0.3, -0.25) is 4.79 Å². The Morgan fingerprint density at radius 2 is 1.85 bits per heavy atom. The molecular weight excluding hydrogens is 352 g/mol. The quantitative estimate of drug-likeness (QED) is 0.726. The maximum atomic E-state index is 13.1. The van der Waals surface area contributed by atoms with Crippen LogP contribution in [-0.2, 0) is 6.54 Å². The molecule has 2 aromatic carbocycles. The van der Waals surface area contributed by atoms with Crippen molar-refractivity contribution >= 4 is 17.5 Å². The molecule has 3 rings (SSSR count). The number of aromatic nitrogens is 1. The number of hydrogen-bond donors (Lipinski definition) is 1. The normalized spacial score (nSPS) is 12.0. The van der Waals surface area contributed by atoms with Crippen molar-refractivity contribution in [3.05, 3.63) is 76.5 Å². The minimum absolute atomic E-state index is 0.153.